The van der Waals surface area contributed by atoms with E-state index in [0.717, 1.165) is 12.5 Å². The third kappa shape index (κ3) is 14.0. The van der Waals surface area contributed by atoms with E-state index in [0.29, 0.717) is 6.10 Å². The average molecular weight is 214 g/mol. The molecule has 0 saturated carbocycles. The monoisotopic (exact) mass is 214 g/mol. The minimum absolute atomic E-state index is 0.399. The van der Waals surface area contributed by atoms with Crippen LogP contribution in [0.5, 0.6) is 0 Å². The van der Waals surface area contributed by atoms with Gasteiger partial charge in [0, 0.05) is 6.61 Å². The fourth-order valence-electron chi connectivity index (χ4n) is 1.68. The number of ether oxygens (including phenoxy) is 1. The maximum Gasteiger partial charge on any atom is 0.0518 e. The van der Waals surface area contributed by atoms with Gasteiger partial charge in [0.05, 0.1) is 6.10 Å². The van der Waals surface area contributed by atoms with Crippen LogP contribution in [0, 0.1) is 5.92 Å². The first-order valence-corrected chi connectivity index (χ1v) is 6.74. The largest absolute Gasteiger partial charge is 0.379 e. The van der Waals surface area contributed by atoms with Crippen LogP contribution in [-0.2, 0) is 4.74 Å². The summed E-state index contributed by atoms with van der Waals surface area (Å²) in [6.45, 7) is 9.77. The van der Waals surface area contributed by atoms with E-state index in [9.17, 15) is 0 Å². The van der Waals surface area contributed by atoms with Crippen molar-refractivity contribution in [1.82, 2.24) is 0 Å². The minimum Gasteiger partial charge on any atom is -0.379 e. The van der Waals surface area contributed by atoms with Crippen molar-refractivity contribution >= 4 is 0 Å². The molecular formula is C14H30O. The van der Waals surface area contributed by atoms with Crippen LogP contribution in [0.3, 0.4) is 0 Å². The van der Waals surface area contributed by atoms with E-state index < -0.39 is 0 Å². The highest BCUT2D eigenvalue weighted by molar-refractivity contribution is 4.49. The molecule has 0 fully saturated rings. The van der Waals surface area contributed by atoms with Crippen LogP contribution in [0.1, 0.15) is 72.6 Å². The molecule has 0 aromatic carbocycles. The van der Waals surface area contributed by atoms with Crippen LogP contribution >= 0.6 is 0 Å². The van der Waals surface area contributed by atoms with Crippen molar-refractivity contribution in [1.29, 1.82) is 0 Å². The Labute approximate surface area is 96.6 Å². The van der Waals surface area contributed by atoms with E-state index in [2.05, 4.69) is 27.7 Å². The van der Waals surface area contributed by atoms with Crippen molar-refractivity contribution in [2.24, 2.45) is 5.92 Å². The summed E-state index contributed by atoms with van der Waals surface area (Å²) in [6.07, 6.45) is 10.0. The molecular weight excluding hydrogens is 184 g/mol. The molecule has 0 aromatic heterocycles. The van der Waals surface area contributed by atoms with Crippen LogP contribution < -0.4 is 0 Å². The molecule has 0 aromatic rings. The van der Waals surface area contributed by atoms with Crippen LogP contribution in [0.4, 0.5) is 0 Å². The number of rotatable bonds is 10. The Hall–Kier alpha value is -0.0400. The number of hydrogen-bond donors (Lipinski definition) is 0. The van der Waals surface area contributed by atoms with Gasteiger partial charge in [0.15, 0.2) is 0 Å². The van der Waals surface area contributed by atoms with Gasteiger partial charge in [-0.25, -0.2) is 0 Å². The zero-order valence-corrected chi connectivity index (χ0v) is 11.2. The second kappa shape index (κ2) is 10.5. The Morgan fingerprint density at radius 2 is 1.27 bits per heavy atom. The van der Waals surface area contributed by atoms with Crippen molar-refractivity contribution < 1.29 is 4.74 Å². The van der Waals surface area contributed by atoms with Gasteiger partial charge in [-0.1, -0.05) is 52.4 Å². The molecule has 0 amide bonds. The highest BCUT2D eigenvalue weighted by Gasteiger charge is 1.96. The summed E-state index contributed by atoms with van der Waals surface area (Å²) in [5.41, 5.74) is 0. The Morgan fingerprint density at radius 1 is 0.733 bits per heavy atom. The van der Waals surface area contributed by atoms with Gasteiger partial charge in [0.1, 0.15) is 0 Å². The van der Waals surface area contributed by atoms with Gasteiger partial charge in [0.25, 0.3) is 0 Å². The quantitative estimate of drug-likeness (QED) is 0.475. The number of unbranched alkanes of at least 4 members (excludes halogenated alkanes) is 5. The van der Waals surface area contributed by atoms with Crippen molar-refractivity contribution in [3.05, 3.63) is 0 Å². The van der Waals surface area contributed by atoms with E-state index in [1.807, 2.05) is 0 Å². The lowest BCUT2D eigenvalue weighted by atomic mass is 10.0. The summed E-state index contributed by atoms with van der Waals surface area (Å²) in [5, 5.41) is 0. The third-order valence-corrected chi connectivity index (χ3v) is 2.63. The van der Waals surface area contributed by atoms with E-state index in [-0.39, 0.29) is 0 Å². The van der Waals surface area contributed by atoms with Gasteiger partial charge in [0.2, 0.25) is 0 Å². The van der Waals surface area contributed by atoms with Gasteiger partial charge in [-0.15, -0.1) is 0 Å². The van der Waals surface area contributed by atoms with E-state index in [4.69, 9.17) is 4.74 Å². The SMILES string of the molecule is CC(C)CCCCCCCCOC(C)C. The molecule has 1 heteroatoms. The molecule has 15 heavy (non-hydrogen) atoms. The molecule has 0 heterocycles. The highest BCUT2D eigenvalue weighted by atomic mass is 16.5. The van der Waals surface area contributed by atoms with Crippen LogP contribution in [-0.4, -0.2) is 12.7 Å². The van der Waals surface area contributed by atoms with E-state index in [1.165, 1.54) is 44.9 Å². The van der Waals surface area contributed by atoms with Crippen molar-refractivity contribution in [2.75, 3.05) is 6.61 Å². The lowest BCUT2D eigenvalue weighted by Gasteiger charge is -2.07. The second-order valence-electron chi connectivity index (χ2n) is 5.22. The second-order valence-corrected chi connectivity index (χ2v) is 5.22. The standard InChI is InChI=1S/C14H30O/c1-13(2)11-9-7-5-6-8-10-12-15-14(3)4/h13-14H,5-12H2,1-4H3. The Morgan fingerprint density at radius 3 is 1.80 bits per heavy atom. The molecule has 0 saturated heterocycles. The van der Waals surface area contributed by atoms with Crippen LogP contribution in [0.2, 0.25) is 0 Å². The highest BCUT2D eigenvalue weighted by Crippen LogP contribution is 2.11. The maximum absolute atomic E-state index is 5.50. The predicted octanol–water partition coefficient (Wildman–Crippen LogP) is 4.80. The Bertz CT molecular complexity index is 105. The van der Waals surface area contributed by atoms with Gasteiger partial charge in [-0.3, -0.25) is 0 Å². The zero-order valence-electron chi connectivity index (χ0n) is 11.2. The first-order valence-electron chi connectivity index (χ1n) is 6.74. The van der Waals surface area contributed by atoms with E-state index in [1.54, 1.807) is 0 Å². The Balaban J connectivity index is 2.93. The summed E-state index contributed by atoms with van der Waals surface area (Å²) in [5.74, 6) is 0.879. The van der Waals surface area contributed by atoms with Crippen LogP contribution in [0.25, 0.3) is 0 Å². The fourth-order valence-corrected chi connectivity index (χ4v) is 1.68. The molecule has 0 spiro atoms. The first kappa shape index (κ1) is 15.0. The number of hydrogen-bond acceptors (Lipinski definition) is 1. The molecule has 0 N–H and O–H groups in total. The molecule has 0 atom stereocenters. The van der Waals surface area contributed by atoms with Gasteiger partial charge < -0.3 is 4.74 Å². The normalized spacial score (nSPS) is 11.6. The lowest BCUT2D eigenvalue weighted by molar-refractivity contribution is 0.0756. The molecule has 0 bridgehead atoms. The predicted molar refractivity (Wildman–Crippen MR) is 68.2 cm³/mol. The van der Waals surface area contributed by atoms with Crippen molar-refractivity contribution in [3.63, 3.8) is 0 Å². The van der Waals surface area contributed by atoms with Gasteiger partial charge in [-0.05, 0) is 26.2 Å². The van der Waals surface area contributed by atoms with Gasteiger partial charge in [-0.2, -0.15) is 0 Å². The fraction of sp³-hybridized carbons (Fsp3) is 1.00. The molecule has 0 rings (SSSR count). The summed E-state index contributed by atoms with van der Waals surface area (Å²) in [6, 6.07) is 0. The smallest absolute Gasteiger partial charge is 0.0518 e. The van der Waals surface area contributed by atoms with Crippen molar-refractivity contribution in [3.8, 4) is 0 Å². The summed E-state index contributed by atoms with van der Waals surface area (Å²) in [4.78, 5) is 0. The summed E-state index contributed by atoms with van der Waals surface area (Å²) in [7, 11) is 0. The molecule has 0 aliphatic carbocycles. The minimum atomic E-state index is 0.399. The zero-order chi connectivity index (χ0) is 11.5. The molecule has 0 unspecified atom stereocenters. The molecule has 92 valence electrons. The molecule has 0 aliphatic rings. The topological polar surface area (TPSA) is 9.23 Å². The van der Waals surface area contributed by atoms with E-state index >= 15 is 0 Å². The van der Waals surface area contributed by atoms with Gasteiger partial charge >= 0.3 is 0 Å². The summed E-state index contributed by atoms with van der Waals surface area (Å²) < 4.78 is 5.50. The Kier molecular flexibility index (Phi) is 10.4. The summed E-state index contributed by atoms with van der Waals surface area (Å²) >= 11 is 0. The van der Waals surface area contributed by atoms with Crippen LogP contribution in [0.15, 0.2) is 0 Å². The maximum atomic E-state index is 5.50. The first-order chi connectivity index (χ1) is 7.13. The molecule has 1 nitrogen and oxygen atoms in total. The molecule has 0 radical (unpaired) electrons. The van der Waals surface area contributed by atoms with Crippen molar-refractivity contribution in [2.45, 2.75) is 78.7 Å². The average Bonchev–Trinajstić information content (AvgIpc) is 2.14. The molecule has 0 aliphatic heterocycles. The third-order valence-electron chi connectivity index (χ3n) is 2.63. The lowest BCUT2D eigenvalue weighted by Crippen LogP contribution is -2.03.